The van der Waals surface area contributed by atoms with Gasteiger partial charge >= 0.3 is 0 Å². The van der Waals surface area contributed by atoms with Crippen LogP contribution in [0.15, 0.2) is 22.7 Å². The summed E-state index contributed by atoms with van der Waals surface area (Å²) in [4.78, 5) is 11.5. The number of carbonyl (C=O) groups is 1. The minimum atomic E-state index is -0.492. The van der Waals surface area contributed by atoms with Gasteiger partial charge in [0.05, 0.1) is 0 Å². The zero-order valence-electron chi connectivity index (χ0n) is 10.7. The lowest BCUT2D eigenvalue weighted by Gasteiger charge is -2.17. The lowest BCUT2D eigenvalue weighted by molar-refractivity contribution is -0.124. The van der Waals surface area contributed by atoms with Crippen molar-refractivity contribution >= 4 is 21.8 Å². The molecule has 100 valence electrons. The number of amides is 1. The van der Waals surface area contributed by atoms with Gasteiger partial charge in [-0.05, 0) is 31.0 Å². The van der Waals surface area contributed by atoms with Crippen molar-refractivity contribution in [2.45, 2.75) is 26.8 Å². The smallest absolute Gasteiger partial charge is 0.258 e. The van der Waals surface area contributed by atoms with E-state index in [-0.39, 0.29) is 24.3 Å². The monoisotopic (exact) mass is 317 g/mol. The summed E-state index contributed by atoms with van der Waals surface area (Å²) in [5.41, 5.74) is 0. The van der Waals surface area contributed by atoms with Gasteiger partial charge in [0.15, 0.2) is 18.2 Å². The van der Waals surface area contributed by atoms with Gasteiger partial charge < -0.3 is 10.1 Å². The number of hydrogen-bond donors (Lipinski definition) is 1. The lowest BCUT2D eigenvalue weighted by Crippen LogP contribution is -2.39. The van der Waals surface area contributed by atoms with Gasteiger partial charge in [0, 0.05) is 10.5 Å². The van der Waals surface area contributed by atoms with Gasteiger partial charge in [0.1, 0.15) is 0 Å². The highest BCUT2D eigenvalue weighted by molar-refractivity contribution is 9.10. The first-order chi connectivity index (χ1) is 8.40. The normalized spacial score (nSPS) is 12.3. The van der Waals surface area contributed by atoms with E-state index in [1.165, 1.54) is 12.1 Å². The van der Waals surface area contributed by atoms with Gasteiger partial charge in [0.2, 0.25) is 0 Å². The molecule has 0 radical (unpaired) electrons. The molecule has 0 saturated heterocycles. The van der Waals surface area contributed by atoms with Gasteiger partial charge in [-0.25, -0.2) is 4.39 Å². The van der Waals surface area contributed by atoms with Gasteiger partial charge in [0.25, 0.3) is 5.91 Å². The van der Waals surface area contributed by atoms with Crippen LogP contribution in [-0.2, 0) is 4.79 Å². The lowest BCUT2D eigenvalue weighted by atomic mass is 10.1. The molecule has 1 aromatic carbocycles. The van der Waals surface area contributed by atoms with Gasteiger partial charge in [-0.3, -0.25) is 4.79 Å². The van der Waals surface area contributed by atoms with Crippen molar-refractivity contribution < 1.29 is 13.9 Å². The molecule has 0 aliphatic rings. The van der Waals surface area contributed by atoms with Crippen molar-refractivity contribution in [3.05, 3.63) is 28.5 Å². The highest BCUT2D eigenvalue weighted by Crippen LogP contribution is 2.21. The molecular formula is C13H17BrFNO2. The van der Waals surface area contributed by atoms with Crippen LogP contribution in [0.1, 0.15) is 20.8 Å². The molecule has 0 spiro atoms. The number of ether oxygens (including phenoxy) is 1. The van der Waals surface area contributed by atoms with Crippen LogP contribution < -0.4 is 10.1 Å². The Balaban J connectivity index is 2.47. The van der Waals surface area contributed by atoms with Crippen molar-refractivity contribution in [2.24, 2.45) is 5.92 Å². The molecule has 0 aliphatic carbocycles. The predicted molar refractivity (Wildman–Crippen MR) is 72.0 cm³/mol. The Morgan fingerprint density at radius 1 is 1.44 bits per heavy atom. The Morgan fingerprint density at radius 3 is 2.67 bits per heavy atom. The average Bonchev–Trinajstić information content (AvgIpc) is 2.27. The number of nitrogens with one attached hydrogen (secondary N) is 1. The maximum Gasteiger partial charge on any atom is 0.258 e. The SMILES string of the molecule is CC(C)C(C)NC(=O)COc1ccc(Br)cc1F. The molecule has 0 fully saturated rings. The fourth-order valence-corrected chi connectivity index (χ4v) is 1.53. The van der Waals surface area contributed by atoms with E-state index in [4.69, 9.17) is 4.74 Å². The van der Waals surface area contributed by atoms with Crippen LogP contribution in [0.25, 0.3) is 0 Å². The Kier molecular flexibility index (Phi) is 5.59. The summed E-state index contributed by atoms with van der Waals surface area (Å²) in [6, 6.07) is 4.51. The molecule has 0 heterocycles. The molecule has 0 saturated carbocycles. The summed E-state index contributed by atoms with van der Waals surface area (Å²) in [6.45, 7) is 5.76. The van der Waals surface area contributed by atoms with Gasteiger partial charge in [-0.15, -0.1) is 0 Å². The molecule has 0 aliphatic heterocycles. The molecule has 1 aromatic rings. The first kappa shape index (κ1) is 15.0. The molecular weight excluding hydrogens is 301 g/mol. The van der Waals surface area contributed by atoms with Gasteiger partial charge in [-0.1, -0.05) is 29.8 Å². The van der Waals surface area contributed by atoms with E-state index in [1.807, 2.05) is 20.8 Å². The Bertz CT molecular complexity index is 423. The van der Waals surface area contributed by atoms with Crippen LogP contribution >= 0.6 is 15.9 Å². The van der Waals surface area contributed by atoms with Crippen LogP contribution in [0.2, 0.25) is 0 Å². The van der Waals surface area contributed by atoms with E-state index in [2.05, 4.69) is 21.2 Å². The van der Waals surface area contributed by atoms with E-state index in [0.29, 0.717) is 10.4 Å². The largest absolute Gasteiger partial charge is 0.481 e. The second-order valence-electron chi connectivity index (χ2n) is 4.46. The first-order valence-corrected chi connectivity index (χ1v) is 6.56. The molecule has 3 nitrogen and oxygen atoms in total. The maximum atomic E-state index is 13.4. The number of benzene rings is 1. The van der Waals surface area contributed by atoms with E-state index in [9.17, 15) is 9.18 Å². The van der Waals surface area contributed by atoms with E-state index in [1.54, 1.807) is 6.07 Å². The molecule has 0 bridgehead atoms. The molecule has 1 unspecified atom stereocenters. The fraction of sp³-hybridized carbons (Fsp3) is 0.462. The summed E-state index contributed by atoms with van der Waals surface area (Å²) >= 11 is 3.15. The molecule has 1 rings (SSSR count). The zero-order valence-corrected chi connectivity index (χ0v) is 12.3. The third kappa shape index (κ3) is 4.64. The molecule has 1 amide bonds. The van der Waals surface area contributed by atoms with Crippen LogP contribution in [0.3, 0.4) is 0 Å². The number of halogens is 2. The van der Waals surface area contributed by atoms with Crippen LogP contribution in [0, 0.1) is 11.7 Å². The zero-order chi connectivity index (χ0) is 13.7. The van der Waals surface area contributed by atoms with Crippen molar-refractivity contribution in [2.75, 3.05) is 6.61 Å². The molecule has 0 aromatic heterocycles. The highest BCUT2D eigenvalue weighted by Gasteiger charge is 2.12. The second kappa shape index (κ2) is 6.73. The standard InChI is InChI=1S/C13H17BrFNO2/c1-8(2)9(3)16-13(17)7-18-12-5-4-10(14)6-11(12)15/h4-6,8-9H,7H2,1-3H3,(H,16,17). The number of hydrogen-bond acceptors (Lipinski definition) is 2. The minimum absolute atomic E-state index is 0.0656. The topological polar surface area (TPSA) is 38.3 Å². The Hall–Kier alpha value is -1.10. The minimum Gasteiger partial charge on any atom is -0.481 e. The van der Waals surface area contributed by atoms with Crippen molar-refractivity contribution in [3.63, 3.8) is 0 Å². The summed E-state index contributed by atoms with van der Waals surface area (Å²) in [6.07, 6.45) is 0. The van der Waals surface area contributed by atoms with E-state index >= 15 is 0 Å². The molecule has 5 heteroatoms. The summed E-state index contributed by atoms with van der Waals surface area (Å²) in [5.74, 6) is -0.323. The fourth-order valence-electron chi connectivity index (χ4n) is 1.20. The van der Waals surface area contributed by atoms with Crippen molar-refractivity contribution in [3.8, 4) is 5.75 Å². The number of carbonyl (C=O) groups excluding carboxylic acids is 1. The Morgan fingerprint density at radius 2 is 2.11 bits per heavy atom. The van der Waals surface area contributed by atoms with Crippen LogP contribution in [0.4, 0.5) is 4.39 Å². The summed E-state index contributed by atoms with van der Waals surface area (Å²) in [7, 11) is 0. The summed E-state index contributed by atoms with van der Waals surface area (Å²) < 4.78 is 19.2. The third-order valence-electron chi connectivity index (χ3n) is 2.64. The molecule has 18 heavy (non-hydrogen) atoms. The van der Waals surface area contributed by atoms with Crippen LogP contribution in [0.5, 0.6) is 5.75 Å². The Labute approximate surface area is 115 Å². The van der Waals surface area contributed by atoms with E-state index in [0.717, 1.165) is 0 Å². The van der Waals surface area contributed by atoms with Gasteiger partial charge in [-0.2, -0.15) is 0 Å². The second-order valence-corrected chi connectivity index (χ2v) is 5.38. The van der Waals surface area contributed by atoms with Crippen LogP contribution in [-0.4, -0.2) is 18.6 Å². The van der Waals surface area contributed by atoms with Crippen molar-refractivity contribution in [1.82, 2.24) is 5.32 Å². The number of rotatable bonds is 5. The predicted octanol–water partition coefficient (Wildman–Crippen LogP) is 3.13. The first-order valence-electron chi connectivity index (χ1n) is 5.77. The average molecular weight is 318 g/mol. The highest BCUT2D eigenvalue weighted by atomic mass is 79.9. The van der Waals surface area contributed by atoms with E-state index < -0.39 is 5.82 Å². The molecule has 1 N–H and O–H groups in total. The maximum absolute atomic E-state index is 13.4. The molecule has 1 atom stereocenters. The summed E-state index contributed by atoms with van der Waals surface area (Å²) in [5, 5.41) is 2.78. The quantitative estimate of drug-likeness (QED) is 0.906. The van der Waals surface area contributed by atoms with Crippen molar-refractivity contribution in [1.29, 1.82) is 0 Å². The third-order valence-corrected chi connectivity index (χ3v) is 3.13.